The smallest absolute Gasteiger partial charge is 0.261 e. The van der Waals surface area contributed by atoms with Gasteiger partial charge >= 0.3 is 0 Å². The first-order chi connectivity index (χ1) is 12.2. The molecule has 0 bridgehead atoms. The minimum atomic E-state index is -0.397. The van der Waals surface area contributed by atoms with E-state index in [4.69, 9.17) is 0 Å². The van der Waals surface area contributed by atoms with Gasteiger partial charge in [-0.05, 0) is 23.8 Å². The molecule has 0 aliphatic carbocycles. The van der Waals surface area contributed by atoms with Gasteiger partial charge in [-0.15, -0.1) is 0 Å². The number of anilines is 1. The number of hydrazone groups is 1. The van der Waals surface area contributed by atoms with Gasteiger partial charge in [-0.25, -0.2) is 0 Å². The quantitative estimate of drug-likeness (QED) is 0.376. The molecule has 0 aromatic heterocycles. The van der Waals surface area contributed by atoms with Gasteiger partial charge in [-0.2, -0.15) is 5.10 Å². The van der Waals surface area contributed by atoms with Crippen LogP contribution in [-0.4, -0.2) is 11.1 Å². The summed E-state index contributed by atoms with van der Waals surface area (Å²) >= 11 is 0. The second-order valence-electron chi connectivity index (χ2n) is 5.44. The SMILES string of the molecule is O=[N+]([O-])c1ccccc1C=NN(Cc1ccccc1)c1ccccc1. The van der Waals surface area contributed by atoms with Crippen LogP contribution >= 0.6 is 0 Å². The van der Waals surface area contributed by atoms with E-state index in [2.05, 4.69) is 5.10 Å². The first-order valence-corrected chi connectivity index (χ1v) is 7.88. The molecule has 124 valence electrons. The number of hydrogen-bond donors (Lipinski definition) is 0. The van der Waals surface area contributed by atoms with Gasteiger partial charge in [0.15, 0.2) is 0 Å². The van der Waals surface area contributed by atoms with Gasteiger partial charge in [0.25, 0.3) is 5.69 Å². The van der Waals surface area contributed by atoms with Crippen molar-refractivity contribution in [2.24, 2.45) is 5.10 Å². The molecule has 0 radical (unpaired) electrons. The summed E-state index contributed by atoms with van der Waals surface area (Å²) in [5.41, 5.74) is 2.53. The Bertz CT molecular complexity index is 864. The maximum atomic E-state index is 11.2. The highest BCUT2D eigenvalue weighted by atomic mass is 16.6. The number of benzene rings is 3. The fourth-order valence-corrected chi connectivity index (χ4v) is 2.45. The second kappa shape index (κ2) is 7.88. The van der Waals surface area contributed by atoms with Crippen LogP contribution in [0.15, 0.2) is 90.0 Å². The molecule has 0 N–H and O–H groups in total. The lowest BCUT2D eigenvalue weighted by Gasteiger charge is -2.19. The van der Waals surface area contributed by atoms with Crippen LogP contribution in [0.1, 0.15) is 11.1 Å². The van der Waals surface area contributed by atoms with Crippen molar-refractivity contribution in [3.8, 4) is 0 Å². The molecular weight excluding hydrogens is 314 g/mol. The molecule has 0 fully saturated rings. The van der Waals surface area contributed by atoms with Crippen molar-refractivity contribution < 1.29 is 4.92 Å². The predicted molar refractivity (Wildman–Crippen MR) is 99.8 cm³/mol. The normalized spacial score (nSPS) is 10.7. The average Bonchev–Trinajstić information content (AvgIpc) is 2.67. The zero-order valence-electron chi connectivity index (χ0n) is 13.5. The Labute approximate surface area is 146 Å². The van der Waals surface area contributed by atoms with E-state index in [9.17, 15) is 10.1 Å². The predicted octanol–water partition coefficient (Wildman–Crippen LogP) is 4.64. The first kappa shape index (κ1) is 16.4. The molecule has 3 rings (SSSR count). The van der Waals surface area contributed by atoms with Crippen molar-refractivity contribution in [1.82, 2.24) is 0 Å². The summed E-state index contributed by atoms with van der Waals surface area (Å²) in [5.74, 6) is 0. The van der Waals surface area contributed by atoms with Gasteiger partial charge in [0.2, 0.25) is 0 Å². The van der Waals surface area contributed by atoms with Crippen molar-refractivity contribution in [1.29, 1.82) is 0 Å². The molecule has 0 amide bonds. The lowest BCUT2D eigenvalue weighted by Crippen LogP contribution is -2.16. The van der Waals surface area contributed by atoms with E-state index in [-0.39, 0.29) is 5.69 Å². The Hall–Kier alpha value is -3.47. The Morgan fingerprint density at radius 2 is 1.48 bits per heavy atom. The van der Waals surface area contributed by atoms with Crippen molar-refractivity contribution >= 4 is 17.6 Å². The van der Waals surface area contributed by atoms with Gasteiger partial charge < -0.3 is 0 Å². The second-order valence-corrected chi connectivity index (χ2v) is 5.44. The topological polar surface area (TPSA) is 58.7 Å². The van der Waals surface area contributed by atoms with Crippen LogP contribution in [0, 0.1) is 10.1 Å². The van der Waals surface area contributed by atoms with E-state index in [0.29, 0.717) is 12.1 Å². The molecule has 3 aromatic carbocycles. The van der Waals surface area contributed by atoms with Crippen molar-refractivity contribution in [2.45, 2.75) is 6.54 Å². The lowest BCUT2D eigenvalue weighted by molar-refractivity contribution is -0.385. The Morgan fingerprint density at radius 3 is 2.16 bits per heavy atom. The molecule has 0 saturated carbocycles. The number of para-hydroxylation sites is 2. The van der Waals surface area contributed by atoms with Gasteiger partial charge in [-0.3, -0.25) is 15.1 Å². The van der Waals surface area contributed by atoms with Gasteiger partial charge in [0.1, 0.15) is 0 Å². The third-order valence-electron chi connectivity index (χ3n) is 3.70. The van der Waals surface area contributed by atoms with E-state index in [1.54, 1.807) is 18.2 Å². The zero-order chi connectivity index (χ0) is 17.5. The molecule has 5 heteroatoms. The Morgan fingerprint density at radius 1 is 0.880 bits per heavy atom. The number of hydrogen-bond acceptors (Lipinski definition) is 4. The highest BCUT2D eigenvalue weighted by Crippen LogP contribution is 2.19. The maximum Gasteiger partial charge on any atom is 0.278 e. The summed E-state index contributed by atoms with van der Waals surface area (Å²) < 4.78 is 0. The summed E-state index contributed by atoms with van der Waals surface area (Å²) in [7, 11) is 0. The van der Waals surface area contributed by atoms with Crippen LogP contribution < -0.4 is 5.01 Å². The molecule has 0 unspecified atom stereocenters. The van der Waals surface area contributed by atoms with Crippen LogP contribution in [0.3, 0.4) is 0 Å². The van der Waals surface area contributed by atoms with E-state index >= 15 is 0 Å². The first-order valence-electron chi connectivity index (χ1n) is 7.88. The molecular formula is C20H17N3O2. The van der Waals surface area contributed by atoms with Crippen LogP contribution in [0.25, 0.3) is 0 Å². The Balaban J connectivity index is 1.91. The van der Waals surface area contributed by atoms with Crippen LogP contribution in [0.4, 0.5) is 11.4 Å². The number of nitro benzene ring substituents is 1. The molecule has 0 aliphatic rings. The van der Waals surface area contributed by atoms with Crippen molar-refractivity contribution in [3.63, 3.8) is 0 Å². The maximum absolute atomic E-state index is 11.2. The minimum Gasteiger partial charge on any atom is -0.261 e. The highest BCUT2D eigenvalue weighted by Gasteiger charge is 2.11. The summed E-state index contributed by atoms with van der Waals surface area (Å²) in [6, 6.07) is 26.3. The van der Waals surface area contributed by atoms with Crippen molar-refractivity contribution in [3.05, 3.63) is 106 Å². The standard InChI is InChI=1S/C20H17N3O2/c24-23(25)20-14-8-7-11-18(20)15-21-22(19-12-5-2-6-13-19)16-17-9-3-1-4-10-17/h1-15H,16H2. The summed E-state index contributed by atoms with van der Waals surface area (Å²) in [5, 5.41) is 17.5. The van der Waals surface area contributed by atoms with Gasteiger partial charge in [-0.1, -0.05) is 60.7 Å². The lowest BCUT2D eigenvalue weighted by atomic mass is 10.2. The highest BCUT2D eigenvalue weighted by molar-refractivity contribution is 5.85. The van der Waals surface area contributed by atoms with E-state index < -0.39 is 4.92 Å². The number of rotatable bonds is 6. The molecule has 0 heterocycles. The fraction of sp³-hybridized carbons (Fsp3) is 0.0500. The zero-order valence-corrected chi connectivity index (χ0v) is 13.5. The summed E-state index contributed by atoms with van der Waals surface area (Å²) in [6.07, 6.45) is 1.54. The third-order valence-corrected chi connectivity index (χ3v) is 3.70. The fourth-order valence-electron chi connectivity index (χ4n) is 2.45. The van der Waals surface area contributed by atoms with E-state index in [0.717, 1.165) is 11.3 Å². The third kappa shape index (κ3) is 4.29. The molecule has 0 saturated heterocycles. The monoisotopic (exact) mass is 331 g/mol. The molecule has 3 aromatic rings. The molecule has 25 heavy (non-hydrogen) atoms. The number of nitrogens with zero attached hydrogens (tertiary/aromatic N) is 3. The Kier molecular flexibility index (Phi) is 5.16. The molecule has 0 atom stereocenters. The van der Waals surface area contributed by atoms with Crippen LogP contribution in [0.5, 0.6) is 0 Å². The molecule has 0 aliphatic heterocycles. The largest absolute Gasteiger partial charge is 0.278 e. The van der Waals surface area contributed by atoms with Crippen LogP contribution in [-0.2, 0) is 6.54 Å². The molecule has 5 nitrogen and oxygen atoms in total. The van der Waals surface area contributed by atoms with Crippen LogP contribution in [0.2, 0.25) is 0 Å². The average molecular weight is 331 g/mol. The van der Waals surface area contributed by atoms with Crippen molar-refractivity contribution in [2.75, 3.05) is 5.01 Å². The molecule has 0 spiro atoms. The number of nitro groups is 1. The van der Waals surface area contributed by atoms with Gasteiger partial charge in [0.05, 0.1) is 28.9 Å². The summed E-state index contributed by atoms with van der Waals surface area (Å²) in [4.78, 5) is 10.8. The van der Waals surface area contributed by atoms with E-state index in [1.807, 2.05) is 65.7 Å². The minimum absolute atomic E-state index is 0.0407. The van der Waals surface area contributed by atoms with E-state index in [1.165, 1.54) is 12.3 Å². The van der Waals surface area contributed by atoms with Gasteiger partial charge in [0, 0.05) is 6.07 Å². The summed E-state index contributed by atoms with van der Waals surface area (Å²) in [6.45, 7) is 0.571.